The molecule has 162 valence electrons. The van der Waals surface area contributed by atoms with Gasteiger partial charge in [-0.1, -0.05) is 23.2 Å². The molecule has 0 radical (unpaired) electrons. The van der Waals surface area contributed by atoms with Crippen molar-refractivity contribution in [2.45, 2.75) is 49.7 Å². The van der Waals surface area contributed by atoms with Gasteiger partial charge in [0.1, 0.15) is 17.9 Å². The van der Waals surface area contributed by atoms with Crippen molar-refractivity contribution in [1.82, 2.24) is 15.3 Å². The third-order valence-electron chi connectivity index (χ3n) is 5.04. The smallest absolute Gasteiger partial charge is 0.387 e. The second-order valence-corrected chi connectivity index (χ2v) is 7.92. The van der Waals surface area contributed by atoms with Crippen LogP contribution in [0.4, 0.5) is 17.6 Å². The van der Waals surface area contributed by atoms with E-state index in [4.69, 9.17) is 23.2 Å². The van der Waals surface area contributed by atoms with Gasteiger partial charge in [0.25, 0.3) is 5.91 Å². The molecule has 5 nitrogen and oxygen atoms in total. The first-order valence-corrected chi connectivity index (χ1v) is 9.77. The monoisotopic (exact) mass is 465 g/mol. The molecule has 0 saturated heterocycles. The summed E-state index contributed by atoms with van der Waals surface area (Å²) in [5, 5.41) is 13.0. The Morgan fingerprint density at radius 3 is 2.43 bits per heavy atom. The summed E-state index contributed by atoms with van der Waals surface area (Å²) >= 11 is 11.8. The molecule has 0 bridgehead atoms. The number of amides is 1. The van der Waals surface area contributed by atoms with Crippen LogP contribution in [0.15, 0.2) is 30.6 Å². The van der Waals surface area contributed by atoms with E-state index in [0.29, 0.717) is 6.07 Å². The van der Waals surface area contributed by atoms with Crippen molar-refractivity contribution in [1.29, 1.82) is 0 Å². The summed E-state index contributed by atoms with van der Waals surface area (Å²) in [5.41, 5.74) is -3.26. The van der Waals surface area contributed by atoms with Gasteiger partial charge in [0.05, 0.1) is 21.9 Å². The summed E-state index contributed by atoms with van der Waals surface area (Å²) in [6, 6.07) is 2.39. The van der Waals surface area contributed by atoms with E-state index in [9.17, 15) is 27.5 Å². The molecule has 1 amide bonds. The summed E-state index contributed by atoms with van der Waals surface area (Å²) in [7, 11) is 0. The van der Waals surface area contributed by atoms with Gasteiger partial charge >= 0.3 is 6.18 Å². The van der Waals surface area contributed by atoms with Crippen LogP contribution in [0.2, 0.25) is 10.0 Å². The topological polar surface area (TPSA) is 75.1 Å². The number of rotatable bonds is 4. The van der Waals surface area contributed by atoms with Crippen LogP contribution in [-0.4, -0.2) is 32.8 Å². The number of alkyl halides is 4. The number of carbonyl (C=O) groups is 1. The molecule has 2 heterocycles. The molecule has 1 unspecified atom stereocenters. The van der Waals surface area contributed by atoms with Crippen molar-refractivity contribution in [3.8, 4) is 0 Å². The largest absolute Gasteiger partial charge is 0.417 e. The highest BCUT2D eigenvalue weighted by Gasteiger charge is 2.43. The Kier molecular flexibility index (Phi) is 6.54. The maximum Gasteiger partial charge on any atom is 0.417 e. The van der Waals surface area contributed by atoms with E-state index < -0.39 is 46.2 Å². The molecule has 11 heteroatoms. The van der Waals surface area contributed by atoms with Crippen molar-refractivity contribution in [2.24, 2.45) is 0 Å². The Balaban J connectivity index is 1.97. The zero-order chi connectivity index (χ0) is 22.1. The minimum Gasteiger partial charge on any atom is -0.387 e. The summed E-state index contributed by atoms with van der Waals surface area (Å²) in [6.45, 7) is 0. The van der Waals surface area contributed by atoms with E-state index in [-0.39, 0.29) is 36.4 Å². The van der Waals surface area contributed by atoms with E-state index in [2.05, 4.69) is 15.3 Å². The number of nitrogens with zero attached hydrogens (tertiary/aromatic N) is 2. The molecule has 0 aromatic carbocycles. The second kappa shape index (κ2) is 8.64. The zero-order valence-electron chi connectivity index (χ0n) is 15.4. The fourth-order valence-corrected chi connectivity index (χ4v) is 3.93. The predicted molar refractivity (Wildman–Crippen MR) is 102 cm³/mol. The molecule has 2 N–H and O–H groups in total. The van der Waals surface area contributed by atoms with E-state index in [1.807, 2.05) is 0 Å². The number of aromatic nitrogens is 2. The molecule has 2 aromatic rings. The molecule has 1 aliphatic carbocycles. The summed E-state index contributed by atoms with van der Waals surface area (Å²) < 4.78 is 52.9. The molecule has 0 aliphatic heterocycles. The number of halogens is 6. The highest BCUT2D eigenvalue weighted by molar-refractivity contribution is 6.34. The highest BCUT2D eigenvalue weighted by Crippen LogP contribution is 2.40. The first-order chi connectivity index (χ1) is 14.0. The number of aliphatic hydroxyl groups is 1. The average molecular weight is 466 g/mol. The lowest BCUT2D eigenvalue weighted by Gasteiger charge is -2.40. The molecule has 3 rings (SSSR count). The molecule has 30 heavy (non-hydrogen) atoms. The molecular weight excluding hydrogens is 449 g/mol. The van der Waals surface area contributed by atoms with Gasteiger partial charge in [-0.25, -0.2) is 9.37 Å². The van der Waals surface area contributed by atoms with Crippen LogP contribution in [0.3, 0.4) is 0 Å². The SMILES string of the molecule is O=C(NC(c1cc(Cl)ccn1)[C@]1(O)CC[C@@H](F)CC1)c1nccc(C(F)(F)F)c1Cl. The zero-order valence-corrected chi connectivity index (χ0v) is 16.9. The van der Waals surface area contributed by atoms with Crippen LogP contribution in [0.1, 0.15) is 53.5 Å². The van der Waals surface area contributed by atoms with Gasteiger partial charge in [-0.05, 0) is 43.9 Å². The molecule has 0 spiro atoms. The van der Waals surface area contributed by atoms with Crippen LogP contribution >= 0.6 is 23.2 Å². The summed E-state index contributed by atoms with van der Waals surface area (Å²) in [5.74, 6) is -1.03. The Morgan fingerprint density at radius 2 is 1.83 bits per heavy atom. The van der Waals surface area contributed by atoms with Gasteiger partial charge in [-0.3, -0.25) is 9.78 Å². The second-order valence-electron chi connectivity index (χ2n) is 7.10. The van der Waals surface area contributed by atoms with Crippen molar-refractivity contribution in [3.05, 3.63) is 57.6 Å². The maximum absolute atomic E-state index is 13.6. The lowest BCUT2D eigenvalue weighted by Crippen LogP contribution is -2.49. The number of hydrogen-bond acceptors (Lipinski definition) is 4. The summed E-state index contributed by atoms with van der Waals surface area (Å²) in [4.78, 5) is 20.6. The minimum absolute atomic E-state index is 0.0110. The van der Waals surface area contributed by atoms with E-state index >= 15 is 0 Å². The fraction of sp³-hybridized carbons (Fsp3) is 0.421. The molecule has 1 atom stereocenters. The first-order valence-electron chi connectivity index (χ1n) is 9.02. The van der Waals surface area contributed by atoms with E-state index in [1.54, 1.807) is 0 Å². The number of pyridine rings is 2. The number of nitrogens with one attached hydrogen (secondary N) is 1. The lowest BCUT2D eigenvalue weighted by atomic mass is 9.77. The van der Waals surface area contributed by atoms with E-state index in [1.165, 1.54) is 18.3 Å². The normalized spacial score (nSPS) is 23.1. The fourth-order valence-electron chi connectivity index (χ4n) is 3.45. The molecule has 1 saturated carbocycles. The summed E-state index contributed by atoms with van der Waals surface area (Å²) in [6.07, 6.45) is -3.55. The third kappa shape index (κ3) is 4.84. The molecule has 1 aliphatic rings. The van der Waals surface area contributed by atoms with Crippen LogP contribution in [0, 0.1) is 0 Å². The number of carbonyl (C=O) groups excluding carboxylic acids is 1. The van der Waals surface area contributed by atoms with Gasteiger partial charge in [-0.15, -0.1) is 0 Å². The Hall–Kier alpha value is -1.97. The third-order valence-corrected chi connectivity index (χ3v) is 5.66. The van der Waals surface area contributed by atoms with Crippen molar-refractivity contribution >= 4 is 29.1 Å². The molecule has 2 aromatic heterocycles. The van der Waals surface area contributed by atoms with Crippen LogP contribution in [0.25, 0.3) is 0 Å². The lowest BCUT2D eigenvalue weighted by molar-refractivity contribution is -0.137. The van der Waals surface area contributed by atoms with Crippen LogP contribution in [0.5, 0.6) is 0 Å². The average Bonchev–Trinajstić information content (AvgIpc) is 2.67. The molecule has 1 fully saturated rings. The standard InChI is InChI=1S/C19H17Cl2F4N3O2/c20-10-3-7-26-13(9-10)16(18(30)5-1-11(22)2-6-18)28-17(29)15-14(21)12(4-8-27-15)19(23,24)25/h3-4,7-9,11,16,30H,1-2,5-6H2,(H,28,29)/t11-,16?,18+. The van der Waals surface area contributed by atoms with Gasteiger partial charge in [0.15, 0.2) is 0 Å². The number of hydrogen-bond donors (Lipinski definition) is 2. The minimum atomic E-state index is -4.78. The van der Waals surface area contributed by atoms with Gasteiger partial charge in [-0.2, -0.15) is 13.2 Å². The highest BCUT2D eigenvalue weighted by atomic mass is 35.5. The van der Waals surface area contributed by atoms with E-state index in [0.717, 1.165) is 6.20 Å². The first kappa shape index (κ1) is 22.7. The van der Waals surface area contributed by atoms with Gasteiger partial charge in [0.2, 0.25) is 0 Å². The quantitative estimate of drug-likeness (QED) is 0.628. The van der Waals surface area contributed by atoms with Crippen LogP contribution in [-0.2, 0) is 6.18 Å². The predicted octanol–water partition coefficient (Wildman–Crippen LogP) is 4.92. The Bertz CT molecular complexity index is 934. The Labute approximate surface area is 179 Å². The maximum atomic E-state index is 13.6. The van der Waals surface area contributed by atoms with Crippen LogP contribution < -0.4 is 5.32 Å². The van der Waals surface area contributed by atoms with Crippen molar-refractivity contribution in [2.75, 3.05) is 0 Å². The van der Waals surface area contributed by atoms with Gasteiger partial charge in [0, 0.05) is 17.4 Å². The van der Waals surface area contributed by atoms with Crippen molar-refractivity contribution < 1.29 is 27.5 Å². The Morgan fingerprint density at radius 1 is 1.20 bits per heavy atom. The molecular formula is C19H17Cl2F4N3O2. The van der Waals surface area contributed by atoms with Gasteiger partial charge < -0.3 is 10.4 Å². The van der Waals surface area contributed by atoms with Crippen molar-refractivity contribution in [3.63, 3.8) is 0 Å².